The lowest BCUT2D eigenvalue weighted by Gasteiger charge is -2.24. The second-order valence-corrected chi connectivity index (χ2v) is 6.40. The fourth-order valence-electron chi connectivity index (χ4n) is 3.12. The summed E-state index contributed by atoms with van der Waals surface area (Å²) in [4.78, 5) is 0. The van der Waals surface area contributed by atoms with E-state index in [-0.39, 0.29) is 5.41 Å². The maximum absolute atomic E-state index is 10.2. The summed E-state index contributed by atoms with van der Waals surface area (Å²) in [6.07, 6.45) is 3.60. The first kappa shape index (κ1) is 14.4. The van der Waals surface area contributed by atoms with E-state index < -0.39 is 6.10 Å². The van der Waals surface area contributed by atoms with Crippen molar-refractivity contribution >= 4 is 0 Å². The maximum Gasteiger partial charge on any atom is 0.119 e. The third-order valence-electron chi connectivity index (χ3n) is 4.13. The normalized spacial score (nSPS) is 19.6. The minimum absolute atomic E-state index is 0.218. The van der Waals surface area contributed by atoms with Crippen molar-refractivity contribution in [3.05, 3.63) is 28.8 Å². The van der Waals surface area contributed by atoms with Crippen LogP contribution in [-0.2, 0) is 12.8 Å². The van der Waals surface area contributed by atoms with E-state index in [0.717, 1.165) is 42.4 Å². The third-order valence-corrected chi connectivity index (χ3v) is 4.13. The molecule has 0 fully saturated rings. The summed E-state index contributed by atoms with van der Waals surface area (Å²) in [5.74, 6) is 0.380. The van der Waals surface area contributed by atoms with Gasteiger partial charge in [-0.05, 0) is 60.9 Å². The second kappa shape index (κ2) is 5.51. The number of aliphatic hydroxyl groups excluding tert-OH is 1. The van der Waals surface area contributed by atoms with Gasteiger partial charge in [0.2, 0.25) is 0 Å². The number of aliphatic hydroxyl groups is 1. The number of phenols is 1. The van der Waals surface area contributed by atoms with Crippen LogP contribution in [0.15, 0.2) is 12.1 Å². The van der Waals surface area contributed by atoms with Gasteiger partial charge in [-0.25, -0.2) is 0 Å². The molecule has 1 aromatic carbocycles. The Hall–Kier alpha value is -1.06. The highest BCUT2D eigenvalue weighted by Crippen LogP contribution is 2.39. The number of hydrogen-bond acceptors (Lipinski definition) is 3. The Morgan fingerprint density at radius 1 is 1.32 bits per heavy atom. The first-order chi connectivity index (χ1) is 8.94. The predicted octanol–water partition coefficient (Wildman–Crippen LogP) is 2.55. The Morgan fingerprint density at radius 3 is 2.74 bits per heavy atom. The molecule has 0 aliphatic heterocycles. The molecule has 1 aliphatic rings. The Balaban J connectivity index is 2.44. The molecule has 0 amide bonds. The van der Waals surface area contributed by atoms with Gasteiger partial charge in [0, 0.05) is 6.54 Å². The van der Waals surface area contributed by atoms with Crippen LogP contribution >= 0.6 is 0 Å². The third kappa shape index (κ3) is 3.10. The SMILES string of the molecule is CNCC(O)c1ccc(O)c2c1CCCC(C)(C)C2. The van der Waals surface area contributed by atoms with Crippen molar-refractivity contribution in [3.63, 3.8) is 0 Å². The molecular weight excluding hydrogens is 238 g/mol. The molecule has 0 radical (unpaired) electrons. The fraction of sp³-hybridized carbons (Fsp3) is 0.625. The van der Waals surface area contributed by atoms with Crippen molar-refractivity contribution in [2.24, 2.45) is 5.41 Å². The molecule has 2 rings (SSSR count). The van der Waals surface area contributed by atoms with Crippen LogP contribution in [0.2, 0.25) is 0 Å². The quantitative estimate of drug-likeness (QED) is 0.735. The van der Waals surface area contributed by atoms with Crippen LogP contribution in [0.5, 0.6) is 5.75 Å². The molecule has 0 spiro atoms. The molecule has 3 N–H and O–H groups in total. The van der Waals surface area contributed by atoms with Crippen LogP contribution in [0, 0.1) is 5.41 Å². The molecule has 1 aliphatic carbocycles. The zero-order valence-electron chi connectivity index (χ0n) is 12.2. The average molecular weight is 263 g/mol. The molecular formula is C16H25NO2. The van der Waals surface area contributed by atoms with E-state index in [0.29, 0.717) is 12.3 Å². The molecule has 0 saturated carbocycles. The van der Waals surface area contributed by atoms with Gasteiger partial charge < -0.3 is 15.5 Å². The lowest BCUT2D eigenvalue weighted by atomic mass is 9.82. The van der Waals surface area contributed by atoms with E-state index in [1.54, 1.807) is 6.07 Å². The Morgan fingerprint density at radius 2 is 2.05 bits per heavy atom. The minimum atomic E-state index is -0.499. The van der Waals surface area contributed by atoms with E-state index >= 15 is 0 Å². The van der Waals surface area contributed by atoms with Gasteiger partial charge in [0.05, 0.1) is 6.10 Å². The standard InChI is InChI=1S/C16H25NO2/c1-16(2)8-4-5-11-12(15(19)10-17-3)6-7-14(18)13(11)9-16/h6-7,15,17-19H,4-5,8-10H2,1-3H3. The summed E-state index contributed by atoms with van der Waals surface area (Å²) in [6.45, 7) is 5.04. The van der Waals surface area contributed by atoms with E-state index in [1.165, 1.54) is 0 Å². The Kier molecular flexibility index (Phi) is 4.16. The highest BCUT2D eigenvalue weighted by molar-refractivity contribution is 5.46. The van der Waals surface area contributed by atoms with Crippen molar-refractivity contribution in [1.29, 1.82) is 0 Å². The number of benzene rings is 1. The van der Waals surface area contributed by atoms with Gasteiger partial charge in [-0.2, -0.15) is 0 Å². The largest absolute Gasteiger partial charge is 0.508 e. The van der Waals surface area contributed by atoms with Crippen molar-refractivity contribution < 1.29 is 10.2 Å². The number of likely N-dealkylation sites (N-methyl/N-ethyl adjacent to an activating group) is 1. The number of rotatable bonds is 3. The van der Waals surface area contributed by atoms with Crippen LogP contribution in [0.3, 0.4) is 0 Å². The van der Waals surface area contributed by atoms with Crippen molar-refractivity contribution in [3.8, 4) is 5.75 Å². The summed E-state index contributed by atoms with van der Waals surface area (Å²) in [6, 6.07) is 3.60. The van der Waals surface area contributed by atoms with Crippen LogP contribution in [-0.4, -0.2) is 23.8 Å². The van der Waals surface area contributed by atoms with Gasteiger partial charge in [-0.3, -0.25) is 0 Å². The molecule has 0 bridgehead atoms. The molecule has 19 heavy (non-hydrogen) atoms. The molecule has 1 atom stereocenters. The molecule has 3 nitrogen and oxygen atoms in total. The van der Waals surface area contributed by atoms with Gasteiger partial charge in [0.1, 0.15) is 5.75 Å². The summed E-state index contributed by atoms with van der Waals surface area (Å²) in [7, 11) is 1.84. The van der Waals surface area contributed by atoms with E-state index in [4.69, 9.17) is 0 Å². The number of fused-ring (bicyclic) bond motifs is 1. The van der Waals surface area contributed by atoms with Crippen LogP contribution in [0.25, 0.3) is 0 Å². The van der Waals surface area contributed by atoms with Crippen LogP contribution in [0.1, 0.15) is 49.5 Å². The molecule has 106 valence electrons. The zero-order valence-corrected chi connectivity index (χ0v) is 12.2. The second-order valence-electron chi connectivity index (χ2n) is 6.40. The molecule has 3 heteroatoms. The van der Waals surface area contributed by atoms with Gasteiger partial charge in [-0.1, -0.05) is 19.9 Å². The summed E-state index contributed by atoms with van der Waals surface area (Å²) in [5.41, 5.74) is 3.39. The number of hydrogen-bond donors (Lipinski definition) is 3. The highest BCUT2D eigenvalue weighted by atomic mass is 16.3. The lowest BCUT2D eigenvalue weighted by Crippen LogP contribution is -2.19. The van der Waals surface area contributed by atoms with E-state index in [2.05, 4.69) is 19.2 Å². The van der Waals surface area contributed by atoms with Crippen molar-refractivity contribution in [2.75, 3.05) is 13.6 Å². The topological polar surface area (TPSA) is 52.5 Å². The van der Waals surface area contributed by atoms with Gasteiger partial charge in [0.15, 0.2) is 0 Å². The molecule has 0 heterocycles. The molecule has 1 aromatic rings. The first-order valence-electron chi connectivity index (χ1n) is 7.11. The zero-order chi connectivity index (χ0) is 14.0. The monoisotopic (exact) mass is 263 g/mol. The lowest BCUT2D eigenvalue weighted by molar-refractivity contribution is 0.176. The van der Waals surface area contributed by atoms with Gasteiger partial charge in [0.25, 0.3) is 0 Å². The number of aromatic hydroxyl groups is 1. The van der Waals surface area contributed by atoms with E-state index in [9.17, 15) is 10.2 Å². The predicted molar refractivity (Wildman–Crippen MR) is 77.4 cm³/mol. The van der Waals surface area contributed by atoms with Crippen LogP contribution in [0.4, 0.5) is 0 Å². The van der Waals surface area contributed by atoms with Crippen molar-refractivity contribution in [2.45, 2.75) is 45.6 Å². The number of nitrogens with one attached hydrogen (secondary N) is 1. The van der Waals surface area contributed by atoms with Gasteiger partial charge >= 0.3 is 0 Å². The summed E-state index contributed by atoms with van der Waals surface area (Å²) < 4.78 is 0. The summed E-state index contributed by atoms with van der Waals surface area (Å²) in [5, 5.41) is 23.4. The Bertz CT molecular complexity index is 454. The van der Waals surface area contributed by atoms with Crippen molar-refractivity contribution in [1.82, 2.24) is 5.32 Å². The number of phenolic OH excluding ortho intramolecular Hbond substituents is 1. The van der Waals surface area contributed by atoms with Crippen LogP contribution < -0.4 is 5.32 Å². The first-order valence-corrected chi connectivity index (χ1v) is 7.11. The average Bonchev–Trinajstić information content (AvgIpc) is 2.48. The highest BCUT2D eigenvalue weighted by Gasteiger charge is 2.27. The smallest absolute Gasteiger partial charge is 0.119 e. The Labute approximate surface area is 115 Å². The minimum Gasteiger partial charge on any atom is -0.508 e. The van der Waals surface area contributed by atoms with Gasteiger partial charge in [-0.15, -0.1) is 0 Å². The molecule has 0 aromatic heterocycles. The summed E-state index contributed by atoms with van der Waals surface area (Å²) >= 11 is 0. The molecule has 0 saturated heterocycles. The van der Waals surface area contributed by atoms with E-state index in [1.807, 2.05) is 13.1 Å². The molecule has 1 unspecified atom stereocenters. The fourth-order valence-corrected chi connectivity index (χ4v) is 3.12. The maximum atomic E-state index is 10.2.